The van der Waals surface area contributed by atoms with Crippen LogP contribution in [0.4, 0.5) is 5.69 Å². The van der Waals surface area contributed by atoms with E-state index in [1.54, 1.807) is 55.6 Å². The van der Waals surface area contributed by atoms with Gasteiger partial charge in [-0.25, -0.2) is 4.98 Å². The largest absolute Gasteiger partial charge is 0.487 e. The number of pyridine rings is 1. The van der Waals surface area contributed by atoms with E-state index in [4.69, 9.17) is 4.74 Å². The van der Waals surface area contributed by atoms with Crippen molar-refractivity contribution in [3.8, 4) is 5.75 Å². The molecule has 2 N–H and O–H groups in total. The molecule has 0 radical (unpaired) electrons. The van der Waals surface area contributed by atoms with E-state index in [0.717, 1.165) is 16.9 Å². The summed E-state index contributed by atoms with van der Waals surface area (Å²) >= 11 is 0. The first-order valence-electron chi connectivity index (χ1n) is 9.82. The van der Waals surface area contributed by atoms with Crippen LogP contribution >= 0.6 is 0 Å². The number of nitrogens with one attached hydrogen (secondary N) is 2. The molecule has 2 heterocycles. The van der Waals surface area contributed by atoms with Gasteiger partial charge in [0.1, 0.15) is 18.0 Å². The Balaban J connectivity index is 1.38. The smallest absolute Gasteiger partial charge is 0.255 e. The number of aryl methyl sites for hydroxylation is 1. The van der Waals surface area contributed by atoms with Crippen LogP contribution in [0.1, 0.15) is 32.0 Å². The fourth-order valence-corrected chi connectivity index (χ4v) is 3.17. The van der Waals surface area contributed by atoms with E-state index in [2.05, 4.69) is 15.6 Å². The molecule has 156 valence electrons. The average Bonchev–Trinajstić information content (AvgIpc) is 3.19. The molecule has 7 heteroatoms. The average molecular weight is 414 g/mol. The van der Waals surface area contributed by atoms with Gasteiger partial charge in [0.15, 0.2) is 0 Å². The Morgan fingerprint density at radius 2 is 1.77 bits per heavy atom. The van der Waals surface area contributed by atoms with Gasteiger partial charge < -0.3 is 19.8 Å². The number of hydrogen-bond donors (Lipinski definition) is 2. The summed E-state index contributed by atoms with van der Waals surface area (Å²) in [6.45, 7) is 2.37. The van der Waals surface area contributed by atoms with E-state index >= 15 is 0 Å². The van der Waals surface area contributed by atoms with Crippen molar-refractivity contribution in [1.29, 1.82) is 0 Å². The number of nitrogens with zero attached hydrogens (tertiary/aromatic N) is 2. The number of imidazole rings is 1. The van der Waals surface area contributed by atoms with Crippen LogP contribution in [0.2, 0.25) is 0 Å². The first kappa shape index (κ1) is 20.2. The number of carbonyl (C=O) groups is 2. The summed E-state index contributed by atoms with van der Waals surface area (Å²) in [5.74, 6) is 0.168. The maximum atomic E-state index is 12.5. The SMILES string of the molecule is CNC(=O)c1cccc(NC(=O)c2ccc(OCc3cn4cc(C)ccc4n3)cc2)c1. The number of anilines is 1. The number of carbonyl (C=O) groups excluding carboxylic acids is 2. The first-order valence-corrected chi connectivity index (χ1v) is 9.82. The number of hydrogen-bond acceptors (Lipinski definition) is 4. The van der Waals surface area contributed by atoms with E-state index in [1.807, 2.05) is 35.9 Å². The van der Waals surface area contributed by atoms with Gasteiger partial charge in [-0.1, -0.05) is 12.1 Å². The van der Waals surface area contributed by atoms with Gasteiger partial charge >= 0.3 is 0 Å². The van der Waals surface area contributed by atoms with Crippen LogP contribution in [0.25, 0.3) is 5.65 Å². The van der Waals surface area contributed by atoms with Crippen LogP contribution in [0.15, 0.2) is 73.1 Å². The number of fused-ring (bicyclic) bond motifs is 1. The van der Waals surface area contributed by atoms with Crippen LogP contribution < -0.4 is 15.4 Å². The normalized spacial score (nSPS) is 10.6. The van der Waals surface area contributed by atoms with Gasteiger partial charge in [0, 0.05) is 36.3 Å². The molecule has 0 spiro atoms. The van der Waals surface area contributed by atoms with E-state index < -0.39 is 0 Å². The zero-order chi connectivity index (χ0) is 21.8. The van der Waals surface area contributed by atoms with Crippen molar-refractivity contribution in [1.82, 2.24) is 14.7 Å². The molecule has 7 nitrogen and oxygen atoms in total. The molecule has 0 atom stereocenters. The molecule has 0 aliphatic rings. The summed E-state index contributed by atoms with van der Waals surface area (Å²) in [7, 11) is 1.56. The lowest BCUT2D eigenvalue weighted by molar-refractivity contribution is 0.0961. The molecule has 0 unspecified atom stereocenters. The summed E-state index contributed by atoms with van der Waals surface area (Å²) < 4.78 is 7.78. The van der Waals surface area contributed by atoms with Gasteiger partial charge in [0.25, 0.3) is 11.8 Å². The summed E-state index contributed by atoms with van der Waals surface area (Å²) in [5.41, 5.74) is 4.37. The third kappa shape index (κ3) is 4.72. The molecule has 31 heavy (non-hydrogen) atoms. The summed E-state index contributed by atoms with van der Waals surface area (Å²) in [5, 5.41) is 5.36. The van der Waals surface area contributed by atoms with Crippen molar-refractivity contribution in [2.24, 2.45) is 0 Å². The molecular formula is C24H22N4O3. The van der Waals surface area contributed by atoms with E-state index in [9.17, 15) is 9.59 Å². The van der Waals surface area contributed by atoms with E-state index in [-0.39, 0.29) is 11.8 Å². The minimum absolute atomic E-state index is 0.210. The fourth-order valence-electron chi connectivity index (χ4n) is 3.17. The molecule has 2 aromatic carbocycles. The van der Waals surface area contributed by atoms with Gasteiger partial charge in [0.05, 0.1) is 5.69 Å². The number of amides is 2. The molecule has 4 aromatic rings. The third-order valence-corrected chi connectivity index (χ3v) is 4.76. The topological polar surface area (TPSA) is 84.7 Å². The molecule has 2 aromatic heterocycles. The van der Waals surface area contributed by atoms with Crippen molar-refractivity contribution in [3.63, 3.8) is 0 Å². The second kappa shape index (κ2) is 8.71. The molecule has 0 saturated carbocycles. The van der Waals surface area contributed by atoms with Crippen molar-refractivity contribution in [2.75, 3.05) is 12.4 Å². The predicted molar refractivity (Wildman–Crippen MR) is 118 cm³/mol. The van der Waals surface area contributed by atoms with E-state index in [0.29, 0.717) is 29.2 Å². The molecule has 0 fully saturated rings. The second-order valence-electron chi connectivity index (χ2n) is 7.13. The molecule has 0 saturated heterocycles. The lowest BCUT2D eigenvalue weighted by Crippen LogP contribution is -2.18. The molecule has 2 amide bonds. The Kier molecular flexibility index (Phi) is 5.66. The fraction of sp³-hybridized carbons (Fsp3) is 0.125. The maximum Gasteiger partial charge on any atom is 0.255 e. The van der Waals surface area contributed by atoms with Crippen LogP contribution in [-0.2, 0) is 6.61 Å². The number of rotatable bonds is 6. The standard InChI is InChI=1S/C24H22N4O3/c1-16-6-11-22-26-20(14-28(22)13-16)15-31-21-9-7-17(8-10-21)24(30)27-19-5-3-4-18(12-19)23(29)25-2/h3-14H,15H2,1-2H3,(H,25,29)(H,27,30). The first-order chi connectivity index (χ1) is 15.0. The van der Waals surface area contributed by atoms with Crippen LogP contribution in [0, 0.1) is 6.92 Å². The summed E-state index contributed by atoms with van der Waals surface area (Å²) in [4.78, 5) is 28.8. The lowest BCUT2D eigenvalue weighted by Gasteiger charge is -2.08. The zero-order valence-electron chi connectivity index (χ0n) is 17.3. The number of ether oxygens (including phenoxy) is 1. The molecule has 4 rings (SSSR count). The van der Waals surface area contributed by atoms with Crippen molar-refractivity contribution < 1.29 is 14.3 Å². The lowest BCUT2D eigenvalue weighted by atomic mass is 10.1. The highest BCUT2D eigenvalue weighted by Gasteiger charge is 2.09. The zero-order valence-corrected chi connectivity index (χ0v) is 17.3. The van der Waals surface area contributed by atoms with Crippen molar-refractivity contribution in [3.05, 3.63) is 95.4 Å². The molecular weight excluding hydrogens is 392 g/mol. The Hall–Kier alpha value is -4.13. The van der Waals surface area contributed by atoms with Crippen molar-refractivity contribution in [2.45, 2.75) is 13.5 Å². The molecule has 0 aliphatic carbocycles. The quantitative estimate of drug-likeness (QED) is 0.502. The molecule has 0 bridgehead atoms. The highest BCUT2D eigenvalue weighted by molar-refractivity contribution is 6.05. The Morgan fingerprint density at radius 3 is 2.55 bits per heavy atom. The number of aromatic nitrogens is 2. The minimum Gasteiger partial charge on any atom is -0.487 e. The van der Waals surface area contributed by atoms with Crippen LogP contribution in [0.5, 0.6) is 5.75 Å². The van der Waals surface area contributed by atoms with Gasteiger partial charge in [-0.3, -0.25) is 9.59 Å². The Bertz CT molecular complexity index is 1250. The van der Waals surface area contributed by atoms with Crippen LogP contribution in [-0.4, -0.2) is 28.2 Å². The Morgan fingerprint density at radius 1 is 0.968 bits per heavy atom. The maximum absolute atomic E-state index is 12.5. The van der Waals surface area contributed by atoms with E-state index in [1.165, 1.54) is 0 Å². The minimum atomic E-state index is -0.267. The van der Waals surface area contributed by atoms with Gasteiger partial charge in [0.2, 0.25) is 0 Å². The third-order valence-electron chi connectivity index (χ3n) is 4.76. The van der Waals surface area contributed by atoms with Crippen molar-refractivity contribution >= 4 is 23.1 Å². The van der Waals surface area contributed by atoms with Crippen LogP contribution in [0.3, 0.4) is 0 Å². The molecule has 0 aliphatic heterocycles. The predicted octanol–water partition coefficient (Wildman–Crippen LogP) is 3.83. The van der Waals surface area contributed by atoms with Gasteiger partial charge in [-0.15, -0.1) is 0 Å². The highest BCUT2D eigenvalue weighted by atomic mass is 16.5. The summed E-state index contributed by atoms with van der Waals surface area (Å²) in [6, 6.07) is 17.6. The number of benzene rings is 2. The van der Waals surface area contributed by atoms with Gasteiger partial charge in [-0.2, -0.15) is 0 Å². The Labute approximate surface area is 179 Å². The monoisotopic (exact) mass is 414 g/mol. The van der Waals surface area contributed by atoms with Gasteiger partial charge in [-0.05, 0) is 61.0 Å². The highest BCUT2D eigenvalue weighted by Crippen LogP contribution is 2.17. The second-order valence-corrected chi connectivity index (χ2v) is 7.13. The summed E-state index contributed by atoms with van der Waals surface area (Å²) in [6.07, 6.45) is 3.96.